The Labute approximate surface area is 465 Å². The Morgan fingerprint density at radius 1 is 0.532 bits per heavy atom. The number of nitrogens with one attached hydrogen (secondary N) is 8. The summed E-state index contributed by atoms with van der Waals surface area (Å²) in [6.45, 7) is 6.90. The maximum Gasteiger partial charge on any atom is 0.327 e. The summed E-state index contributed by atoms with van der Waals surface area (Å²) in [7, 11) is 0. The zero-order chi connectivity index (χ0) is 59.7. The lowest BCUT2D eigenvalue weighted by atomic mass is 9.95. The number of phenols is 2. The summed E-state index contributed by atoms with van der Waals surface area (Å²) in [5.41, 5.74) is 12.3. The number of aliphatic carboxylic acids is 3. The summed E-state index contributed by atoms with van der Waals surface area (Å²) in [5.74, 6) is -15.5. The second-order valence-corrected chi connectivity index (χ2v) is 20.2. The minimum Gasteiger partial charge on any atom is -0.508 e. The standard InChI is InChI=1S/C50H72N10O17S2/c1-6-25(4)41(60-48(74)40(52)24(2)3)49(75)58-33(20-27-9-13-29(62)14-10-27)45(71)53-30(15-16-37(51)63)42(68)55-32(19-26-7-11-28(61)12-8-26)44(70)54-31(17-18-79-5)43(69)56-34(21-38(64)65)46(72)57-35(22-39(66)67)47(73)59-36(23-78)50(76)77/h7-14,24-25,30-36,40-41,61-62,78H,6,15-23,52H2,1-5H3,(H2,51,63)(H,53,71)(H,54,70)(H,55,68)(H,56,69)(H,57,72)(H,58,75)(H,59,73)(H,60,74)(H,64,65)(H,66,67)(H,76,77)/t25-,30-,31-,32-,33-,34-,35-,36-,40-,41-/m0/s1. The molecule has 2 aromatic carbocycles. The fourth-order valence-electron chi connectivity index (χ4n) is 7.32. The molecule has 79 heavy (non-hydrogen) atoms. The first-order valence-corrected chi connectivity index (χ1v) is 26.9. The van der Waals surface area contributed by atoms with E-state index < -0.39 is 163 Å². The molecule has 27 nitrogen and oxygen atoms in total. The molecule has 0 saturated heterocycles. The number of nitrogens with two attached hydrogens (primary N) is 2. The molecular formula is C50H72N10O17S2. The van der Waals surface area contributed by atoms with Gasteiger partial charge in [0.1, 0.15) is 59.8 Å². The Morgan fingerprint density at radius 2 is 0.899 bits per heavy atom. The van der Waals surface area contributed by atoms with Crippen LogP contribution in [-0.4, -0.2) is 169 Å². The van der Waals surface area contributed by atoms with Gasteiger partial charge in [0.05, 0.1) is 18.9 Å². The lowest BCUT2D eigenvalue weighted by Gasteiger charge is -2.29. The summed E-state index contributed by atoms with van der Waals surface area (Å²) in [4.78, 5) is 158. The van der Waals surface area contributed by atoms with Crippen LogP contribution in [0.15, 0.2) is 48.5 Å². The van der Waals surface area contributed by atoms with Crippen molar-refractivity contribution in [3.8, 4) is 11.5 Å². The van der Waals surface area contributed by atoms with Crippen LogP contribution < -0.4 is 54.0 Å². The fourth-order valence-corrected chi connectivity index (χ4v) is 8.04. The average molecular weight is 1150 g/mol. The third-order valence-corrected chi connectivity index (χ3v) is 13.2. The minimum atomic E-state index is -2.03. The van der Waals surface area contributed by atoms with Crippen LogP contribution in [0.2, 0.25) is 0 Å². The van der Waals surface area contributed by atoms with Crippen molar-refractivity contribution in [3.05, 3.63) is 59.7 Å². The van der Waals surface area contributed by atoms with Crippen LogP contribution in [0.5, 0.6) is 11.5 Å². The maximum atomic E-state index is 14.4. The molecule has 10 atom stereocenters. The van der Waals surface area contributed by atoms with Crippen molar-refractivity contribution in [2.75, 3.05) is 17.8 Å². The second-order valence-electron chi connectivity index (χ2n) is 18.8. The van der Waals surface area contributed by atoms with E-state index >= 15 is 0 Å². The smallest absolute Gasteiger partial charge is 0.327 e. The molecule has 0 unspecified atom stereocenters. The molecular weight excluding hydrogens is 1080 g/mol. The molecule has 17 N–H and O–H groups in total. The molecule has 2 rings (SSSR count). The Hall–Kier alpha value is -7.66. The number of thioether (sulfide) groups is 1. The zero-order valence-electron chi connectivity index (χ0n) is 44.2. The number of hydrogen-bond acceptors (Lipinski definition) is 17. The van der Waals surface area contributed by atoms with Gasteiger partial charge in [0.15, 0.2) is 0 Å². The largest absolute Gasteiger partial charge is 0.508 e. The lowest BCUT2D eigenvalue weighted by molar-refractivity contribution is -0.144. The molecule has 2 aromatic rings. The number of carboxylic acid groups (broad SMARTS) is 3. The molecule has 0 aliphatic carbocycles. The van der Waals surface area contributed by atoms with E-state index in [1.807, 2.05) is 10.6 Å². The molecule has 0 radical (unpaired) electrons. The van der Waals surface area contributed by atoms with Crippen LogP contribution in [-0.2, 0) is 70.4 Å². The molecule has 0 bridgehead atoms. The van der Waals surface area contributed by atoms with Crippen LogP contribution in [0.4, 0.5) is 0 Å². The highest BCUT2D eigenvalue weighted by Gasteiger charge is 2.37. The highest BCUT2D eigenvalue weighted by Crippen LogP contribution is 2.16. The lowest BCUT2D eigenvalue weighted by Crippen LogP contribution is -2.61. The van der Waals surface area contributed by atoms with Gasteiger partial charge in [-0.1, -0.05) is 58.4 Å². The number of aromatic hydroxyl groups is 2. The molecule has 0 spiro atoms. The van der Waals surface area contributed by atoms with Crippen LogP contribution in [0.25, 0.3) is 0 Å². The predicted molar refractivity (Wildman–Crippen MR) is 289 cm³/mol. The van der Waals surface area contributed by atoms with Crippen molar-refractivity contribution in [1.29, 1.82) is 0 Å². The van der Waals surface area contributed by atoms with E-state index in [-0.39, 0.29) is 42.4 Å². The SMILES string of the molecule is CC[C@H](C)[C@H](NC(=O)[C@@H](N)C(C)C)C(=O)N[C@@H](Cc1ccc(O)cc1)C(=O)N[C@@H](CCC(N)=O)C(=O)N[C@@H](Cc1ccc(O)cc1)C(=O)N[C@@H](CCSC)C(=O)N[C@@H](CC(=O)O)C(=O)N[C@@H](CC(=O)O)C(=O)N[C@@H](CS)C(=O)O. The van der Waals surface area contributed by atoms with Gasteiger partial charge in [-0.15, -0.1) is 0 Å². The van der Waals surface area contributed by atoms with E-state index in [4.69, 9.17) is 11.5 Å². The van der Waals surface area contributed by atoms with Crippen molar-refractivity contribution in [3.63, 3.8) is 0 Å². The van der Waals surface area contributed by atoms with Crippen molar-refractivity contribution in [2.45, 2.75) is 133 Å². The molecule has 436 valence electrons. The van der Waals surface area contributed by atoms with E-state index in [0.717, 1.165) is 0 Å². The van der Waals surface area contributed by atoms with Gasteiger partial charge in [-0.2, -0.15) is 24.4 Å². The number of primary amides is 1. The number of thiol groups is 1. The second kappa shape index (κ2) is 33.6. The van der Waals surface area contributed by atoms with Gasteiger partial charge in [0, 0.05) is 25.0 Å². The summed E-state index contributed by atoms with van der Waals surface area (Å²) in [5, 5.41) is 67.5. The zero-order valence-corrected chi connectivity index (χ0v) is 45.9. The number of benzene rings is 2. The monoisotopic (exact) mass is 1150 g/mol. The van der Waals surface area contributed by atoms with Gasteiger partial charge < -0.3 is 79.5 Å². The van der Waals surface area contributed by atoms with Crippen molar-refractivity contribution >= 4 is 95.5 Å². The summed E-state index contributed by atoms with van der Waals surface area (Å²) in [6, 6.07) is -3.27. The van der Waals surface area contributed by atoms with Gasteiger partial charge >= 0.3 is 17.9 Å². The van der Waals surface area contributed by atoms with Gasteiger partial charge in [-0.25, -0.2) is 4.79 Å². The molecule has 0 fully saturated rings. The fraction of sp³-hybridized carbons (Fsp3) is 0.520. The number of hydrogen-bond donors (Lipinski definition) is 16. The molecule has 0 heterocycles. The van der Waals surface area contributed by atoms with E-state index in [0.29, 0.717) is 17.5 Å². The van der Waals surface area contributed by atoms with Crippen molar-refractivity contribution < 1.29 is 83.1 Å². The summed E-state index contributed by atoms with van der Waals surface area (Å²) >= 11 is 5.04. The van der Waals surface area contributed by atoms with Crippen LogP contribution in [0.3, 0.4) is 0 Å². The maximum absolute atomic E-state index is 14.4. The van der Waals surface area contributed by atoms with Crippen LogP contribution >= 0.6 is 24.4 Å². The predicted octanol–water partition coefficient (Wildman–Crippen LogP) is -2.23. The number of carbonyl (C=O) groups excluding carboxylic acids is 9. The number of carbonyl (C=O) groups is 12. The van der Waals surface area contributed by atoms with Gasteiger partial charge in [-0.05, 0) is 72.1 Å². The molecule has 9 amide bonds. The summed E-state index contributed by atoms with van der Waals surface area (Å²) in [6.07, 6.45) is -1.96. The number of amides is 9. The van der Waals surface area contributed by atoms with Crippen LogP contribution in [0, 0.1) is 11.8 Å². The third-order valence-electron chi connectivity index (χ3n) is 12.2. The Kier molecular flexibility index (Phi) is 28.7. The Balaban J connectivity index is 2.60. The minimum absolute atomic E-state index is 0.111. The number of phenolic OH excluding ortho intramolecular Hbond substituents is 2. The third kappa shape index (κ3) is 23.9. The number of rotatable bonds is 35. The van der Waals surface area contributed by atoms with E-state index in [1.54, 1.807) is 34.0 Å². The quantitative estimate of drug-likeness (QED) is 0.0325. The Morgan fingerprint density at radius 3 is 1.27 bits per heavy atom. The normalized spacial score (nSPS) is 14.8. The Bertz CT molecular complexity index is 2470. The highest BCUT2D eigenvalue weighted by atomic mass is 32.2. The molecule has 0 aliphatic heterocycles. The molecule has 29 heteroatoms. The van der Waals surface area contributed by atoms with E-state index in [9.17, 15) is 83.1 Å². The van der Waals surface area contributed by atoms with Crippen LogP contribution in [0.1, 0.15) is 77.3 Å². The first-order valence-electron chi connectivity index (χ1n) is 24.9. The number of carboxylic acids is 3. The van der Waals surface area contributed by atoms with Gasteiger partial charge in [0.25, 0.3) is 0 Å². The first kappa shape index (κ1) is 67.4. The molecule has 0 saturated carbocycles. The summed E-state index contributed by atoms with van der Waals surface area (Å²) < 4.78 is 0. The van der Waals surface area contributed by atoms with E-state index in [1.165, 1.54) is 60.3 Å². The van der Waals surface area contributed by atoms with Gasteiger partial charge in [-0.3, -0.25) is 52.7 Å². The van der Waals surface area contributed by atoms with Crippen molar-refractivity contribution in [1.82, 2.24) is 42.5 Å². The topological polar surface area (TPSA) is 454 Å². The van der Waals surface area contributed by atoms with Crippen molar-refractivity contribution in [2.24, 2.45) is 23.3 Å². The van der Waals surface area contributed by atoms with Gasteiger partial charge in [0.2, 0.25) is 53.2 Å². The molecule has 0 aromatic heterocycles. The average Bonchev–Trinajstić information content (AvgIpc) is 3.38. The van der Waals surface area contributed by atoms with E-state index in [2.05, 4.69) is 44.5 Å². The first-order chi connectivity index (χ1) is 37.1. The molecule has 0 aliphatic rings. The highest BCUT2D eigenvalue weighted by molar-refractivity contribution is 7.98.